The second-order valence-electron chi connectivity index (χ2n) is 9.36. The number of rotatable bonds is 8. The lowest BCUT2D eigenvalue weighted by atomic mass is 9.87. The lowest BCUT2D eigenvalue weighted by Gasteiger charge is -2.25. The fourth-order valence-electron chi connectivity index (χ4n) is 3.67. The van der Waals surface area contributed by atoms with Crippen molar-refractivity contribution in [1.82, 2.24) is 4.90 Å². The molecule has 1 N–H and O–H groups in total. The first-order chi connectivity index (χ1) is 16.6. The van der Waals surface area contributed by atoms with Crippen molar-refractivity contribution in [3.8, 4) is 11.5 Å². The zero-order chi connectivity index (χ0) is 25.6. The van der Waals surface area contributed by atoms with Crippen LogP contribution in [0.2, 0.25) is 0 Å². The van der Waals surface area contributed by atoms with E-state index < -0.39 is 17.7 Å². The second-order valence-corrected chi connectivity index (χ2v) is 9.36. The molecule has 35 heavy (non-hydrogen) atoms. The standard InChI is InChI=1S/C28H32F2N2O3/c1-28(2,3)21-9-6-20(7-10-21)18-32(27(33)31-24-12-11-22(29)17-23(24)30)15-14-19-8-13-25(34-4)26(16-19)35-5/h6-13,16-17H,14-15,18H2,1-5H3,(H,31,33). The van der Waals surface area contributed by atoms with Gasteiger partial charge in [0.1, 0.15) is 11.6 Å². The normalized spacial score (nSPS) is 11.2. The molecule has 0 saturated carbocycles. The SMILES string of the molecule is COc1ccc(CCN(Cc2ccc(C(C)(C)C)cc2)C(=O)Nc2ccc(F)cc2F)cc1OC. The number of nitrogens with one attached hydrogen (secondary N) is 1. The van der Waals surface area contributed by atoms with Crippen LogP contribution in [-0.2, 0) is 18.4 Å². The first-order valence-electron chi connectivity index (χ1n) is 11.4. The van der Waals surface area contributed by atoms with Gasteiger partial charge in [-0.25, -0.2) is 13.6 Å². The maximum atomic E-state index is 14.2. The number of halogens is 2. The summed E-state index contributed by atoms with van der Waals surface area (Å²) in [4.78, 5) is 14.7. The van der Waals surface area contributed by atoms with E-state index in [-0.39, 0.29) is 11.1 Å². The van der Waals surface area contributed by atoms with Gasteiger partial charge in [-0.2, -0.15) is 0 Å². The first-order valence-corrected chi connectivity index (χ1v) is 11.4. The number of anilines is 1. The van der Waals surface area contributed by atoms with Gasteiger partial charge < -0.3 is 19.7 Å². The lowest BCUT2D eigenvalue weighted by molar-refractivity contribution is 0.209. The highest BCUT2D eigenvalue weighted by Crippen LogP contribution is 2.28. The maximum absolute atomic E-state index is 14.2. The number of nitrogens with zero attached hydrogens (tertiary/aromatic N) is 1. The number of hydrogen-bond donors (Lipinski definition) is 1. The number of carbonyl (C=O) groups excluding carboxylic acids is 1. The van der Waals surface area contributed by atoms with Crippen LogP contribution in [0.25, 0.3) is 0 Å². The molecular weight excluding hydrogens is 450 g/mol. The largest absolute Gasteiger partial charge is 0.493 e. The van der Waals surface area contributed by atoms with E-state index in [4.69, 9.17) is 9.47 Å². The topological polar surface area (TPSA) is 50.8 Å². The third-order valence-electron chi connectivity index (χ3n) is 5.77. The van der Waals surface area contributed by atoms with Gasteiger partial charge in [-0.3, -0.25) is 0 Å². The van der Waals surface area contributed by atoms with Crippen molar-refractivity contribution in [2.24, 2.45) is 0 Å². The Bertz CT molecular complexity index is 1160. The molecule has 0 aromatic heterocycles. The van der Waals surface area contributed by atoms with E-state index in [1.54, 1.807) is 19.1 Å². The Balaban J connectivity index is 1.81. The quantitative estimate of drug-likeness (QED) is 0.396. The first kappa shape index (κ1) is 26.0. The van der Waals surface area contributed by atoms with Crippen molar-refractivity contribution in [2.75, 3.05) is 26.1 Å². The van der Waals surface area contributed by atoms with Crippen molar-refractivity contribution >= 4 is 11.7 Å². The molecular formula is C28H32F2N2O3. The predicted octanol–water partition coefficient (Wildman–Crippen LogP) is 6.56. The summed E-state index contributed by atoms with van der Waals surface area (Å²) in [5.41, 5.74) is 3.03. The van der Waals surface area contributed by atoms with E-state index in [1.807, 2.05) is 30.3 Å². The summed E-state index contributed by atoms with van der Waals surface area (Å²) < 4.78 is 38.1. The molecule has 0 bridgehead atoms. The monoisotopic (exact) mass is 482 g/mol. The van der Waals surface area contributed by atoms with Crippen molar-refractivity contribution in [1.29, 1.82) is 0 Å². The molecule has 3 rings (SSSR count). The van der Waals surface area contributed by atoms with Crippen molar-refractivity contribution in [3.05, 3.63) is 89.0 Å². The fourth-order valence-corrected chi connectivity index (χ4v) is 3.67. The Kier molecular flexibility index (Phi) is 8.33. The average molecular weight is 483 g/mol. The van der Waals surface area contributed by atoms with Gasteiger partial charge in [0.2, 0.25) is 0 Å². The molecule has 7 heteroatoms. The molecule has 3 aromatic carbocycles. The smallest absolute Gasteiger partial charge is 0.322 e. The van der Waals surface area contributed by atoms with Gasteiger partial charge in [0.15, 0.2) is 11.5 Å². The molecule has 0 aliphatic carbocycles. The molecule has 186 valence electrons. The molecule has 5 nitrogen and oxygen atoms in total. The van der Waals surface area contributed by atoms with Gasteiger partial charge in [-0.15, -0.1) is 0 Å². The van der Waals surface area contributed by atoms with Crippen LogP contribution in [0.15, 0.2) is 60.7 Å². The molecule has 3 aromatic rings. The molecule has 0 atom stereocenters. The molecule has 0 saturated heterocycles. The minimum Gasteiger partial charge on any atom is -0.493 e. The molecule has 0 radical (unpaired) electrons. The zero-order valence-electron chi connectivity index (χ0n) is 20.8. The van der Waals surface area contributed by atoms with Crippen LogP contribution in [0.5, 0.6) is 11.5 Å². The van der Waals surface area contributed by atoms with E-state index >= 15 is 0 Å². The minimum absolute atomic E-state index is 0.0170. The number of methoxy groups -OCH3 is 2. The molecule has 0 spiro atoms. The number of carbonyl (C=O) groups is 1. The highest BCUT2D eigenvalue weighted by Gasteiger charge is 2.18. The summed E-state index contributed by atoms with van der Waals surface area (Å²) in [5.74, 6) is -0.304. The van der Waals surface area contributed by atoms with Crippen LogP contribution in [0, 0.1) is 11.6 Å². The number of benzene rings is 3. The molecule has 0 heterocycles. The summed E-state index contributed by atoms with van der Waals surface area (Å²) in [6.45, 7) is 7.11. The highest BCUT2D eigenvalue weighted by atomic mass is 19.1. The summed E-state index contributed by atoms with van der Waals surface area (Å²) in [6, 6.07) is 16.3. The lowest BCUT2D eigenvalue weighted by Crippen LogP contribution is -2.36. The van der Waals surface area contributed by atoms with Crippen LogP contribution >= 0.6 is 0 Å². The average Bonchev–Trinajstić information content (AvgIpc) is 2.82. The van der Waals surface area contributed by atoms with Gasteiger partial charge >= 0.3 is 6.03 Å². The Morgan fingerprint density at radius 2 is 1.54 bits per heavy atom. The third-order valence-corrected chi connectivity index (χ3v) is 5.77. The van der Waals surface area contributed by atoms with Crippen LogP contribution < -0.4 is 14.8 Å². The van der Waals surface area contributed by atoms with Crippen LogP contribution in [0.4, 0.5) is 19.3 Å². The van der Waals surface area contributed by atoms with E-state index in [2.05, 4.69) is 38.2 Å². The maximum Gasteiger partial charge on any atom is 0.322 e. The summed E-state index contributed by atoms with van der Waals surface area (Å²) in [6.07, 6.45) is 0.541. The summed E-state index contributed by atoms with van der Waals surface area (Å²) in [5, 5.41) is 2.57. The molecule has 0 aliphatic heterocycles. The van der Waals surface area contributed by atoms with Crippen LogP contribution in [0.3, 0.4) is 0 Å². The summed E-state index contributed by atoms with van der Waals surface area (Å²) >= 11 is 0. The predicted molar refractivity (Wildman–Crippen MR) is 134 cm³/mol. The van der Waals surface area contributed by atoms with Gasteiger partial charge in [-0.05, 0) is 52.8 Å². The fraction of sp³-hybridized carbons (Fsp3) is 0.321. The Morgan fingerprint density at radius 1 is 0.886 bits per heavy atom. The van der Waals surface area contributed by atoms with Crippen molar-refractivity contribution in [2.45, 2.75) is 39.2 Å². The van der Waals surface area contributed by atoms with Gasteiger partial charge in [-0.1, -0.05) is 51.1 Å². The number of amides is 2. The second kappa shape index (κ2) is 11.2. The van der Waals surface area contributed by atoms with E-state index in [0.717, 1.165) is 23.3 Å². The Hall–Kier alpha value is -3.61. The van der Waals surface area contributed by atoms with Gasteiger partial charge in [0.05, 0.1) is 19.9 Å². The summed E-state index contributed by atoms with van der Waals surface area (Å²) in [7, 11) is 3.14. The van der Waals surface area contributed by atoms with Crippen molar-refractivity contribution in [3.63, 3.8) is 0 Å². The van der Waals surface area contributed by atoms with E-state index in [1.165, 1.54) is 11.6 Å². The van der Waals surface area contributed by atoms with Gasteiger partial charge in [0.25, 0.3) is 0 Å². The van der Waals surface area contributed by atoms with E-state index in [9.17, 15) is 13.6 Å². The highest BCUT2D eigenvalue weighted by molar-refractivity contribution is 5.89. The number of hydrogen-bond acceptors (Lipinski definition) is 3. The molecule has 2 amide bonds. The molecule has 0 fully saturated rings. The molecule has 0 aliphatic rings. The van der Waals surface area contributed by atoms with Crippen molar-refractivity contribution < 1.29 is 23.0 Å². The van der Waals surface area contributed by atoms with Gasteiger partial charge in [0, 0.05) is 19.2 Å². The third kappa shape index (κ3) is 6.94. The van der Waals surface area contributed by atoms with Crippen LogP contribution in [0.1, 0.15) is 37.5 Å². The Labute approximate surface area is 205 Å². The minimum atomic E-state index is -0.826. The Morgan fingerprint density at radius 3 is 2.14 bits per heavy atom. The molecule has 0 unspecified atom stereocenters. The number of ether oxygens (including phenoxy) is 2. The van der Waals surface area contributed by atoms with Crippen LogP contribution in [-0.4, -0.2) is 31.7 Å². The zero-order valence-corrected chi connectivity index (χ0v) is 20.8. The van der Waals surface area contributed by atoms with E-state index in [0.29, 0.717) is 31.0 Å². The number of urea groups is 1.